The summed E-state index contributed by atoms with van der Waals surface area (Å²) in [4.78, 5) is 14.2. The normalized spacial score (nSPS) is 18.1. The van der Waals surface area contributed by atoms with Crippen LogP contribution in [0.15, 0.2) is 16.7 Å². The first-order chi connectivity index (χ1) is 11.5. The molecule has 1 aromatic heterocycles. The summed E-state index contributed by atoms with van der Waals surface area (Å²) in [5, 5.41) is 1.66. The van der Waals surface area contributed by atoms with Crippen LogP contribution in [-0.2, 0) is 20.7 Å². The Morgan fingerprint density at radius 3 is 2.88 bits per heavy atom. The molecule has 0 spiro atoms. The van der Waals surface area contributed by atoms with Crippen LogP contribution in [0.2, 0.25) is 5.02 Å². The molecule has 2 heterocycles. The molecule has 1 atom stereocenters. The van der Waals surface area contributed by atoms with Crippen LogP contribution >= 0.6 is 11.6 Å². The van der Waals surface area contributed by atoms with E-state index >= 15 is 0 Å². The maximum atomic E-state index is 12.5. The predicted molar refractivity (Wildman–Crippen MR) is 92.6 cm³/mol. The minimum atomic E-state index is -0.0624. The van der Waals surface area contributed by atoms with Gasteiger partial charge in [0.05, 0.1) is 38.6 Å². The van der Waals surface area contributed by atoms with E-state index in [4.69, 9.17) is 25.5 Å². The van der Waals surface area contributed by atoms with Gasteiger partial charge in [-0.15, -0.1) is 0 Å². The lowest BCUT2D eigenvalue weighted by molar-refractivity contribution is -0.135. The molecule has 1 fully saturated rings. The number of fused-ring (bicyclic) bond motifs is 1. The smallest absolute Gasteiger partial charge is 0.226 e. The number of aryl methyl sites for hydroxylation is 2. The van der Waals surface area contributed by atoms with Gasteiger partial charge in [0.2, 0.25) is 5.91 Å². The van der Waals surface area contributed by atoms with Crippen molar-refractivity contribution in [2.24, 2.45) is 0 Å². The molecule has 2 aromatic rings. The van der Waals surface area contributed by atoms with Crippen LogP contribution in [0, 0.1) is 13.8 Å². The highest BCUT2D eigenvalue weighted by Gasteiger charge is 2.21. The molecule has 1 aliphatic rings. The molecular formula is C18H22ClNO4. The monoisotopic (exact) mass is 351 g/mol. The summed E-state index contributed by atoms with van der Waals surface area (Å²) >= 11 is 6.35. The Bertz CT molecular complexity index is 749. The molecule has 0 radical (unpaired) electrons. The van der Waals surface area contributed by atoms with Gasteiger partial charge in [-0.1, -0.05) is 11.6 Å². The van der Waals surface area contributed by atoms with E-state index in [0.29, 0.717) is 26.4 Å². The zero-order chi connectivity index (χ0) is 17.3. The van der Waals surface area contributed by atoms with Crippen molar-refractivity contribution >= 4 is 28.5 Å². The van der Waals surface area contributed by atoms with Gasteiger partial charge < -0.3 is 18.8 Å². The number of likely N-dealkylation sites (N-methyl/N-ethyl adjacent to an activating group) is 1. The van der Waals surface area contributed by atoms with Crippen molar-refractivity contribution < 1.29 is 18.7 Å². The second-order valence-electron chi connectivity index (χ2n) is 6.29. The van der Waals surface area contributed by atoms with Crippen LogP contribution in [0.1, 0.15) is 16.7 Å². The molecule has 0 N–H and O–H groups in total. The van der Waals surface area contributed by atoms with Gasteiger partial charge in [0.1, 0.15) is 5.58 Å². The molecule has 24 heavy (non-hydrogen) atoms. The molecule has 1 aliphatic heterocycles. The van der Waals surface area contributed by atoms with Crippen molar-refractivity contribution in [3.05, 3.63) is 34.0 Å². The summed E-state index contributed by atoms with van der Waals surface area (Å²) in [5.74, 6) is 0.0166. The highest BCUT2D eigenvalue weighted by atomic mass is 35.5. The summed E-state index contributed by atoms with van der Waals surface area (Å²) in [7, 11) is 1.78. The molecular weight excluding hydrogens is 330 g/mol. The predicted octanol–water partition coefficient (Wildman–Crippen LogP) is 3.12. The summed E-state index contributed by atoms with van der Waals surface area (Å²) in [6, 6.07) is 1.91. The molecule has 0 bridgehead atoms. The van der Waals surface area contributed by atoms with E-state index in [0.717, 1.165) is 32.7 Å². The lowest BCUT2D eigenvalue weighted by Crippen LogP contribution is -2.41. The van der Waals surface area contributed by atoms with E-state index < -0.39 is 0 Å². The van der Waals surface area contributed by atoms with Crippen LogP contribution in [0.4, 0.5) is 0 Å². The number of carbonyl (C=O) groups is 1. The van der Waals surface area contributed by atoms with Crippen molar-refractivity contribution in [1.82, 2.24) is 4.90 Å². The Hall–Kier alpha value is -1.56. The molecule has 130 valence electrons. The number of hydrogen-bond donors (Lipinski definition) is 0. The largest absolute Gasteiger partial charge is 0.464 e. The van der Waals surface area contributed by atoms with Gasteiger partial charge in [0.25, 0.3) is 0 Å². The van der Waals surface area contributed by atoms with E-state index in [9.17, 15) is 4.79 Å². The number of benzene rings is 1. The van der Waals surface area contributed by atoms with Crippen molar-refractivity contribution in [3.8, 4) is 0 Å². The lowest BCUT2D eigenvalue weighted by atomic mass is 10.0. The Labute approximate surface area is 146 Å². The topological polar surface area (TPSA) is 51.9 Å². The zero-order valence-corrected chi connectivity index (χ0v) is 15.0. The van der Waals surface area contributed by atoms with Gasteiger partial charge in [-0.05, 0) is 31.0 Å². The average Bonchev–Trinajstić information content (AvgIpc) is 2.96. The molecule has 0 saturated carbocycles. The van der Waals surface area contributed by atoms with Crippen molar-refractivity contribution in [1.29, 1.82) is 0 Å². The summed E-state index contributed by atoms with van der Waals surface area (Å²) in [5.41, 5.74) is 3.56. The number of rotatable bonds is 4. The molecule has 1 saturated heterocycles. The molecule has 1 aromatic carbocycles. The SMILES string of the molecule is Cc1cc2occ(CC(=O)N(C)CC3COCCO3)c2c(C)c1Cl. The highest BCUT2D eigenvalue weighted by molar-refractivity contribution is 6.33. The Kier molecular flexibility index (Phi) is 5.13. The van der Waals surface area contributed by atoms with E-state index in [1.165, 1.54) is 0 Å². The second-order valence-corrected chi connectivity index (χ2v) is 6.66. The number of furan rings is 1. The quantitative estimate of drug-likeness (QED) is 0.849. The van der Waals surface area contributed by atoms with E-state index in [1.54, 1.807) is 18.2 Å². The first kappa shape index (κ1) is 17.3. The van der Waals surface area contributed by atoms with Crippen molar-refractivity contribution in [3.63, 3.8) is 0 Å². The van der Waals surface area contributed by atoms with Gasteiger partial charge in [-0.25, -0.2) is 0 Å². The van der Waals surface area contributed by atoms with E-state index in [1.807, 2.05) is 19.9 Å². The fourth-order valence-electron chi connectivity index (χ4n) is 3.09. The molecule has 0 aliphatic carbocycles. The Morgan fingerprint density at radius 2 is 2.17 bits per heavy atom. The first-order valence-corrected chi connectivity index (χ1v) is 8.44. The standard InChI is InChI=1S/C18H22ClNO4/c1-11-6-15-17(12(2)18(11)19)13(9-24-15)7-16(21)20(3)8-14-10-22-4-5-23-14/h6,9,14H,4-5,7-8,10H2,1-3H3. The number of hydrogen-bond acceptors (Lipinski definition) is 4. The minimum Gasteiger partial charge on any atom is -0.464 e. The third-order valence-electron chi connectivity index (χ3n) is 4.42. The Morgan fingerprint density at radius 1 is 1.38 bits per heavy atom. The summed E-state index contributed by atoms with van der Waals surface area (Å²) in [6.45, 7) is 6.15. The average molecular weight is 352 g/mol. The molecule has 1 unspecified atom stereocenters. The van der Waals surface area contributed by atoms with Gasteiger partial charge in [-0.2, -0.15) is 0 Å². The number of halogens is 1. The van der Waals surface area contributed by atoms with Crippen LogP contribution in [0.25, 0.3) is 11.0 Å². The number of amides is 1. The molecule has 1 amide bonds. The van der Waals surface area contributed by atoms with Gasteiger partial charge in [-0.3, -0.25) is 4.79 Å². The second kappa shape index (κ2) is 7.13. The molecule has 6 heteroatoms. The van der Waals surface area contributed by atoms with E-state index in [-0.39, 0.29) is 18.4 Å². The van der Waals surface area contributed by atoms with Crippen molar-refractivity contribution in [2.75, 3.05) is 33.4 Å². The minimum absolute atomic E-state index is 0.0166. The lowest BCUT2D eigenvalue weighted by Gasteiger charge is -2.27. The van der Waals surface area contributed by atoms with Crippen LogP contribution in [-0.4, -0.2) is 50.3 Å². The number of nitrogens with zero attached hydrogens (tertiary/aromatic N) is 1. The molecule has 5 nitrogen and oxygen atoms in total. The zero-order valence-electron chi connectivity index (χ0n) is 14.2. The summed E-state index contributed by atoms with van der Waals surface area (Å²) < 4.78 is 16.6. The maximum absolute atomic E-state index is 12.5. The van der Waals surface area contributed by atoms with Crippen LogP contribution in [0.3, 0.4) is 0 Å². The van der Waals surface area contributed by atoms with Gasteiger partial charge >= 0.3 is 0 Å². The molecule has 3 rings (SSSR count). The summed E-state index contributed by atoms with van der Waals surface area (Å²) in [6.07, 6.45) is 1.86. The third kappa shape index (κ3) is 3.43. The third-order valence-corrected chi connectivity index (χ3v) is 5.01. The number of ether oxygens (including phenoxy) is 2. The van der Waals surface area contributed by atoms with Gasteiger partial charge in [0.15, 0.2) is 0 Å². The van der Waals surface area contributed by atoms with Crippen molar-refractivity contribution in [2.45, 2.75) is 26.4 Å². The highest BCUT2D eigenvalue weighted by Crippen LogP contribution is 2.32. The van der Waals surface area contributed by atoms with Crippen LogP contribution in [0.5, 0.6) is 0 Å². The maximum Gasteiger partial charge on any atom is 0.226 e. The number of carbonyl (C=O) groups excluding carboxylic acids is 1. The van der Waals surface area contributed by atoms with E-state index in [2.05, 4.69) is 0 Å². The van der Waals surface area contributed by atoms with Gasteiger partial charge in [0, 0.05) is 29.6 Å². The fourth-order valence-corrected chi connectivity index (χ4v) is 3.23. The fraction of sp³-hybridized carbons (Fsp3) is 0.500. The first-order valence-electron chi connectivity index (χ1n) is 8.06. The van der Waals surface area contributed by atoms with Crippen LogP contribution < -0.4 is 0 Å². The Balaban J connectivity index is 1.74.